The number of hydrogen-bond donors (Lipinski definition) is 1. The first-order valence-corrected chi connectivity index (χ1v) is 5.36. The van der Waals surface area contributed by atoms with E-state index in [1.165, 1.54) is 10.5 Å². The quantitative estimate of drug-likeness (QED) is 0.794. The van der Waals surface area contributed by atoms with Crippen LogP contribution in [0.3, 0.4) is 0 Å². The van der Waals surface area contributed by atoms with Gasteiger partial charge in [-0.1, -0.05) is 11.6 Å². The largest absolute Gasteiger partial charge is 0.320 e. The van der Waals surface area contributed by atoms with Crippen LogP contribution in [0.25, 0.3) is 0 Å². The molecule has 1 heterocycles. The van der Waals surface area contributed by atoms with Crippen molar-refractivity contribution in [2.24, 2.45) is 5.73 Å². The van der Waals surface area contributed by atoms with Crippen LogP contribution in [0.1, 0.15) is 24.8 Å². The molecule has 1 nitrogen and oxygen atoms in total. The Morgan fingerprint density at radius 1 is 1.58 bits per heavy atom. The molecule has 1 aromatic heterocycles. The van der Waals surface area contributed by atoms with Gasteiger partial charge in [-0.25, -0.2) is 0 Å². The molecule has 0 fully saturated rings. The predicted molar refractivity (Wildman–Crippen MR) is 58.4 cm³/mol. The lowest BCUT2D eigenvalue weighted by Crippen LogP contribution is -2.04. The van der Waals surface area contributed by atoms with Gasteiger partial charge in [0.15, 0.2) is 0 Å². The maximum absolute atomic E-state index is 5.92. The van der Waals surface area contributed by atoms with Gasteiger partial charge in [-0.2, -0.15) is 0 Å². The molecule has 0 saturated carbocycles. The highest BCUT2D eigenvalue weighted by atomic mass is 79.9. The molecule has 1 aromatic rings. The minimum absolute atomic E-state index is 0.0475. The molecule has 1 atom stereocenters. The van der Waals surface area contributed by atoms with Crippen LogP contribution >= 0.6 is 27.3 Å². The highest BCUT2D eigenvalue weighted by Gasteiger charge is 2.04. The summed E-state index contributed by atoms with van der Waals surface area (Å²) in [6, 6.07) is 4.13. The van der Waals surface area contributed by atoms with E-state index >= 15 is 0 Å². The molecule has 12 heavy (non-hydrogen) atoms. The Kier molecular flexibility index (Phi) is 3.50. The Bertz CT molecular complexity index is 286. The van der Waals surface area contributed by atoms with E-state index in [0.29, 0.717) is 0 Å². The number of halogens is 1. The van der Waals surface area contributed by atoms with Gasteiger partial charge in [0.1, 0.15) is 0 Å². The summed E-state index contributed by atoms with van der Waals surface area (Å²) in [5.74, 6) is 0. The smallest absolute Gasteiger partial charge is 0.0702 e. The van der Waals surface area contributed by atoms with Gasteiger partial charge in [0, 0.05) is 4.88 Å². The Labute approximate surface area is 85.4 Å². The zero-order valence-corrected chi connectivity index (χ0v) is 9.58. The average Bonchev–Trinajstić information content (AvgIpc) is 2.34. The fourth-order valence-corrected chi connectivity index (χ4v) is 2.34. The first kappa shape index (κ1) is 9.96. The van der Waals surface area contributed by atoms with E-state index < -0.39 is 0 Å². The number of allylic oxidation sites excluding steroid dienone is 1. The first-order chi connectivity index (χ1) is 5.59. The number of hydrogen-bond acceptors (Lipinski definition) is 2. The summed E-state index contributed by atoms with van der Waals surface area (Å²) in [5.41, 5.74) is 7.18. The summed E-state index contributed by atoms with van der Waals surface area (Å²) in [5, 5.41) is 0. The van der Waals surface area contributed by atoms with E-state index in [1.54, 1.807) is 11.3 Å². The standard InChI is InChI=1S/C9H12BrNS/c1-6(2)5-7(11)8-3-4-9(10)12-8/h3-5,7H,11H2,1-2H3. The van der Waals surface area contributed by atoms with Crippen LogP contribution in [0.15, 0.2) is 27.6 Å². The lowest BCUT2D eigenvalue weighted by molar-refractivity contribution is 0.923. The van der Waals surface area contributed by atoms with Crippen LogP contribution < -0.4 is 5.73 Å². The zero-order chi connectivity index (χ0) is 9.14. The van der Waals surface area contributed by atoms with Crippen molar-refractivity contribution in [3.05, 3.63) is 32.4 Å². The minimum atomic E-state index is 0.0475. The first-order valence-electron chi connectivity index (χ1n) is 3.75. The average molecular weight is 246 g/mol. The van der Waals surface area contributed by atoms with Crippen LogP contribution in [0.4, 0.5) is 0 Å². The molecule has 0 bridgehead atoms. The van der Waals surface area contributed by atoms with Crippen molar-refractivity contribution in [2.75, 3.05) is 0 Å². The summed E-state index contributed by atoms with van der Waals surface area (Å²) >= 11 is 5.09. The third kappa shape index (κ3) is 2.73. The van der Waals surface area contributed by atoms with Gasteiger partial charge in [-0.3, -0.25) is 0 Å². The molecule has 66 valence electrons. The second-order valence-electron chi connectivity index (χ2n) is 2.91. The zero-order valence-electron chi connectivity index (χ0n) is 7.17. The Morgan fingerprint density at radius 2 is 2.25 bits per heavy atom. The maximum Gasteiger partial charge on any atom is 0.0702 e. The van der Waals surface area contributed by atoms with Gasteiger partial charge in [0.2, 0.25) is 0 Å². The van der Waals surface area contributed by atoms with Crippen molar-refractivity contribution in [3.63, 3.8) is 0 Å². The lowest BCUT2D eigenvalue weighted by Gasteiger charge is -2.02. The topological polar surface area (TPSA) is 26.0 Å². The van der Waals surface area contributed by atoms with Crippen molar-refractivity contribution in [1.29, 1.82) is 0 Å². The SMILES string of the molecule is CC(C)=CC(N)c1ccc(Br)s1. The third-order valence-corrected chi connectivity index (χ3v) is 3.16. The third-order valence-electron chi connectivity index (χ3n) is 1.44. The molecule has 0 aliphatic heterocycles. The van der Waals surface area contributed by atoms with Gasteiger partial charge in [0.25, 0.3) is 0 Å². The summed E-state index contributed by atoms with van der Waals surface area (Å²) < 4.78 is 1.13. The highest BCUT2D eigenvalue weighted by Crippen LogP contribution is 2.27. The van der Waals surface area contributed by atoms with E-state index in [2.05, 4.69) is 41.9 Å². The van der Waals surface area contributed by atoms with Crippen molar-refractivity contribution < 1.29 is 0 Å². The number of rotatable bonds is 2. The lowest BCUT2D eigenvalue weighted by atomic mass is 10.2. The number of thiophene rings is 1. The van der Waals surface area contributed by atoms with Gasteiger partial charge in [-0.05, 0) is 41.9 Å². The summed E-state index contributed by atoms with van der Waals surface area (Å²) in [4.78, 5) is 1.20. The summed E-state index contributed by atoms with van der Waals surface area (Å²) in [7, 11) is 0. The number of nitrogens with two attached hydrogens (primary N) is 1. The van der Waals surface area contributed by atoms with E-state index in [0.717, 1.165) is 3.79 Å². The molecule has 1 unspecified atom stereocenters. The predicted octanol–water partition coefficient (Wildman–Crippen LogP) is 3.48. The van der Waals surface area contributed by atoms with Gasteiger partial charge in [-0.15, -0.1) is 11.3 Å². The molecule has 3 heteroatoms. The molecular formula is C9H12BrNS. The molecular weight excluding hydrogens is 234 g/mol. The molecule has 0 aliphatic carbocycles. The molecule has 0 aromatic carbocycles. The van der Waals surface area contributed by atoms with E-state index in [-0.39, 0.29) is 6.04 Å². The minimum Gasteiger partial charge on any atom is -0.320 e. The van der Waals surface area contributed by atoms with Crippen LogP contribution in [-0.4, -0.2) is 0 Å². The highest BCUT2D eigenvalue weighted by molar-refractivity contribution is 9.11. The van der Waals surface area contributed by atoms with Crippen molar-refractivity contribution in [2.45, 2.75) is 19.9 Å². The monoisotopic (exact) mass is 245 g/mol. The van der Waals surface area contributed by atoms with Gasteiger partial charge in [0.05, 0.1) is 9.83 Å². The normalized spacial score (nSPS) is 12.7. The van der Waals surface area contributed by atoms with Crippen molar-refractivity contribution in [1.82, 2.24) is 0 Å². The van der Waals surface area contributed by atoms with Crippen LogP contribution in [0, 0.1) is 0 Å². The summed E-state index contributed by atoms with van der Waals surface area (Å²) in [6.45, 7) is 4.12. The van der Waals surface area contributed by atoms with E-state index in [1.807, 2.05) is 6.07 Å². The Hall–Kier alpha value is -0.120. The molecule has 0 aliphatic rings. The molecule has 0 spiro atoms. The molecule has 0 saturated heterocycles. The Balaban J connectivity index is 2.78. The van der Waals surface area contributed by atoms with E-state index in [9.17, 15) is 0 Å². The molecule has 0 amide bonds. The fraction of sp³-hybridized carbons (Fsp3) is 0.333. The second-order valence-corrected chi connectivity index (χ2v) is 5.41. The van der Waals surface area contributed by atoms with Crippen molar-refractivity contribution in [3.8, 4) is 0 Å². The van der Waals surface area contributed by atoms with Crippen LogP contribution in [0.2, 0.25) is 0 Å². The fourth-order valence-electron chi connectivity index (χ4n) is 0.949. The summed E-state index contributed by atoms with van der Waals surface area (Å²) in [6.07, 6.45) is 2.07. The van der Waals surface area contributed by atoms with Crippen molar-refractivity contribution >= 4 is 27.3 Å². The van der Waals surface area contributed by atoms with Gasteiger partial charge >= 0.3 is 0 Å². The maximum atomic E-state index is 5.92. The molecule has 0 radical (unpaired) electrons. The van der Waals surface area contributed by atoms with Crippen LogP contribution in [0.5, 0.6) is 0 Å². The second kappa shape index (κ2) is 4.21. The Morgan fingerprint density at radius 3 is 2.67 bits per heavy atom. The molecule has 1 rings (SSSR count). The van der Waals surface area contributed by atoms with Gasteiger partial charge < -0.3 is 5.73 Å². The molecule has 2 N–H and O–H groups in total. The van der Waals surface area contributed by atoms with E-state index in [4.69, 9.17) is 5.73 Å². The van der Waals surface area contributed by atoms with Crippen LogP contribution in [-0.2, 0) is 0 Å².